The van der Waals surface area contributed by atoms with Gasteiger partial charge in [0.2, 0.25) is 5.56 Å². The Kier molecular flexibility index (Phi) is 3.96. The van der Waals surface area contributed by atoms with Gasteiger partial charge in [-0.1, -0.05) is 12.1 Å². The number of carbonyl (C=O) groups excluding carboxylic acids is 1. The predicted molar refractivity (Wildman–Crippen MR) is 86.4 cm³/mol. The molecule has 1 N–H and O–H groups in total. The van der Waals surface area contributed by atoms with Gasteiger partial charge in [0.15, 0.2) is 0 Å². The van der Waals surface area contributed by atoms with Crippen molar-refractivity contribution in [2.75, 3.05) is 31.1 Å². The number of nitrogens with one attached hydrogen (secondary N) is 1. The molecule has 0 bridgehead atoms. The average Bonchev–Trinajstić information content (AvgIpc) is 2.55. The Bertz CT molecular complexity index is 710. The highest BCUT2D eigenvalue weighted by Gasteiger charge is 2.22. The van der Waals surface area contributed by atoms with Crippen LogP contribution in [0.5, 0.6) is 0 Å². The topological polar surface area (TPSA) is 56.4 Å². The number of aryl methyl sites for hydroxylation is 1. The van der Waals surface area contributed by atoms with Gasteiger partial charge in [0.05, 0.1) is 5.56 Å². The lowest BCUT2D eigenvalue weighted by atomic mass is 10.1. The number of carbonyl (C=O) groups is 1. The van der Waals surface area contributed by atoms with Crippen LogP contribution in [0.15, 0.2) is 47.4 Å². The summed E-state index contributed by atoms with van der Waals surface area (Å²) in [5.74, 6) is -0.0276. The van der Waals surface area contributed by atoms with Crippen LogP contribution in [0.4, 0.5) is 5.69 Å². The molecule has 0 saturated carbocycles. The van der Waals surface area contributed by atoms with Crippen LogP contribution in [0.25, 0.3) is 0 Å². The highest BCUT2D eigenvalue weighted by atomic mass is 16.2. The third-order valence-electron chi connectivity index (χ3n) is 3.96. The first kappa shape index (κ1) is 14.4. The van der Waals surface area contributed by atoms with Gasteiger partial charge in [0.1, 0.15) is 0 Å². The quantitative estimate of drug-likeness (QED) is 0.917. The van der Waals surface area contributed by atoms with Gasteiger partial charge in [-0.15, -0.1) is 0 Å². The van der Waals surface area contributed by atoms with Crippen molar-refractivity contribution in [1.82, 2.24) is 9.88 Å². The van der Waals surface area contributed by atoms with E-state index in [2.05, 4.69) is 41.1 Å². The van der Waals surface area contributed by atoms with Crippen LogP contribution in [-0.4, -0.2) is 42.0 Å². The molecule has 1 aromatic heterocycles. The van der Waals surface area contributed by atoms with Gasteiger partial charge in [-0.3, -0.25) is 9.59 Å². The van der Waals surface area contributed by atoms with Crippen molar-refractivity contribution in [3.8, 4) is 0 Å². The second kappa shape index (κ2) is 6.05. The summed E-state index contributed by atoms with van der Waals surface area (Å²) in [6, 6.07) is 11.4. The van der Waals surface area contributed by atoms with Crippen molar-refractivity contribution >= 4 is 11.6 Å². The highest BCUT2D eigenvalue weighted by Crippen LogP contribution is 2.18. The molecule has 1 amide bonds. The molecule has 2 heterocycles. The molecule has 22 heavy (non-hydrogen) atoms. The summed E-state index contributed by atoms with van der Waals surface area (Å²) in [5, 5.41) is 0. The molecular weight excluding hydrogens is 278 g/mol. The molecule has 1 aromatic carbocycles. The summed E-state index contributed by atoms with van der Waals surface area (Å²) in [6.45, 7) is 5.09. The van der Waals surface area contributed by atoms with Crippen molar-refractivity contribution in [1.29, 1.82) is 0 Å². The maximum Gasteiger partial charge on any atom is 0.255 e. The first-order chi connectivity index (χ1) is 10.6. The molecule has 0 atom stereocenters. The fourth-order valence-corrected chi connectivity index (χ4v) is 2.72. The van der Waals surface area contributed by atoms with Gasteiger partial charge in [-0.25, -0.2) is 0 Å². The smallest absolute Gasteiger partial charge is 0.255 e. The number of hydrogen-bond donors (Lipinski definition) is 1. The number of hydrogen-bond acceptors (Lipinski definition) is 3. The third-order valence-corrected chi connectivity index (χ3v) is 3.96. The monoisotopic (exact) mass is 297 g/mol. The molecule has 0 aliphatic carbocycles. The summed E-state index contributed by atoms with van der Waals surface area (Å²) < 4.78 is 0. The number of benzene rings is 1. The van der Waals surface area contributed by atoms with Crippen LogP contribution in [0.2, 0.25) is 0 Å². The van der Waals surface area contributed by atoms with Gasteiger partial charge in [0.25, 0.3) is 5.91 Å². The molecule has 1 fully saturated rings. The minimum absolute atomic E-state index is 0.0276. The van der Waals surface area contributed by atoms with E-state index in [1.807, 2.05) is 4.90 Å². The van der Waals surface area contributed by atoms with E-state index in [9.17, 15) is 9.59 Å². The molecule has 1 aliphatic heterocycles. The molecule has 1 aliphatic rings. The number of piperazine rings is 1. The zero-order valence-corrected chi connectivity index (χ0v) is 12.6. The Morgan fingerprint density at radius 3 is 2.50 bits per heavy atom. The number of anilines is 1. The standard InChI is InChI=1S/C17H19N3O2/c1-13-3-2-4-15(11-13)19-7-9-20(10-8-19)17(22)14-5-6-16(21)18-12-14/h2-6,11-12H,7-10H2,1H3,(H,18,21). The zero-order valence-electron chi connectivity index (χ0n) is 12.6. The van der Waals surface area contributed by atoms with Gasteiger partial charge >= 0.3 is 0 Å². The van der Waals surface area contributed by atoms with Crippen LogP contribution >= 0.6 is 0 Å². The van der Waals surface area contributed by atoms with Crippen molar-refractivity contribution in [3.63, 3.8) is 0 Å². The minimum atomic E-state index is -0.194. The molecule has 3 rings (SSSR count). The number of aromatic nitrogens is 1. The normalized spacial score (nSPS) is 15.0. The van der Waals surface area contributed by atoms with Crippen molar-refractivity contribution in [2.45, 2.75) is 6.92 Å². The minimum Gasteiger partial charge on any atom is -0.368 e. The lowest BCUT2D eigenvalue weighted by Gasteiger charge is -2.36. The number of nitrogens with zero attached hydrogens (tertiary/aromatic N) is 2. The lowest BCUT2D eigenvalue weighted by molar-refractivity contribution is 0.0746. The summed E-state index contributed by atoms with van der Waals surface area (Å²) >= 11 is 0. The Morgan fingerprint density at radius 1 is 1.09 bits per heavy atom. The van der Waals surface area contributed by atoms with Gasteiger partial charge in [-0.2, -0.15) is 0 Å². The predicted octanol–water partition coefficient (Wildman–Crippen LogP) is 1.65. The highest BCUT2D eigenvalue weighted by molar-refractivity contribution is 5.94. The van der Waals surface area contributed by atoms with E-state index in [0.717, 1.165) is 13.1 Å². The first-order valence-electron chi connectivity index (χ1n) is 7.43. The number of aromatic amines is 1. The van der Waals surface area contributed by atoms with E-state index in [0.29, 0.717) is 18.7 Å². The molecular formula is C17H19N3O2. The molecule has 0 radical (unpaired) electrons. The second-order valence-electron chi connectivity index (χ2n) is 5.56. The van der Waals surface area contributed by atoms with E-state index in [1.165, 1.54) is 23.5 Å². The average molecular weight is 297 g/mol. The van der Waals surface area contributed by atoms with E-state index < -0.39 is 0 Å². The van der Waals surface area contributed by atoms with E-state index in [-0.39, 0.29) is 11.5 Å². The Hall–Kier alpha value is -2.56. The molecule has 1 saturated heterocycles. The zero-order chi connectivity index (χ0) is 15.5. The molecule has 2 aromatic rings. The van der Waals surface area contributed by atoms with E-state index in [4.69, 9.17) is 0 Å². The fourth-order valence-electron chi connectivity index (χ4n) is 2.72. The largest absolute Gasteiger partial charge is 0.368 e. The summed E-state index contributed by atoms with van der Waals surface area (Å²) in [6.07, 6.45) is 1.48. The van der Waals surface area contributed by atoms with Crippen LogP contribution in [0, 0.1) is 6.92 Å². The van der Waals surface area contributed by atoms with Crippen LogP contribution in [0.3, 0.4) is 0 Å². The molecule has 5 heteroatoms. The SMILES string of the molecule is Cc1cccc(N2CCN(C(=O)c3ccc(=O)[nH]c3)CC2)c1. The summed E-state index contributed by atoms with van der Waals surface area (Å²) in [5.41, 5.74) is 2.78. The Morgan fingerprint density at radius 2 is 1.86 bits per heavy atom. The summed E-state index contributed by atoms with van der Waals surface area (Å²) in [7, 11) is 0. The number of H-pyrrole nitrogens is 1. The number of amides is 1. The van der Waals surface area contributed by atoms with Gasteiger partial charge in [-0.05, 0) is 30.7 Å². The second-order valence-corrected chi connectivity index (χ2v) is 5.56. The fraction of sp³-hybridized carbons (Fsp3) is 0.294. The molecule has 114 valence electrons. The van der Waals surface area contributed by atoms with Crippen molar-refractivity contribution in [3.05, 3.63) is 64.1 Å². The Labute approximate surface area is 129 Å². The van der Waals surface area contributed by atoms with Crippen LogP contribution in [-0.2, 0) is 0 Å². The third kappa shape index (κ3) is 3.03. The Balaban J connectivity index is 1.65. The van der Waals surface area contributed by atoms with Crippen LogP contribution < -0.4 is 10.5 Å². The maximum atomic E-state index is 12.4. The van der Waals surface area contributed by atoms with Crippen molar-refractivity contribution < 1.29 is 4.79 Å². The lowest BCUT2D eigenvalue weighted by Crippen LogP contribution is -2.48. The van der Waals surface area contributed by atoms with Crippen LogP contribution in [0.1, 0.15) is 15.9 Å². The maximum absolute atomic E-state index is 12.4. The molecule has 0 spiro atoms. The number of rotatable bonds is 2. The van der Waals surface area contributed by atoms with Gasteiger partial charge in [0, 0.05) is 44.1 Å². The van der Waals surface area contributed by atoms with Crippen molar-refractivity contribution in [2.24, 2.45) is 0 Å². The molecule has 5 nitrogen and oxygen atoms in total. The summed E-state index contributed by atoms with van der Waals surface area (Å²) in [4.78, 5) is 30.1. The number of pyridine rings is 1. The first-order valence-corrected chi connectivity index (χ1v) is 7.43. The van der Waals surface area contributed by atoms with E-state index >= 15 is 0 Å². The molecule has 0 unspecified atom stereocenters. The van der Waals surface area contributed by atoms with Gasteiger partial charge < -0.3 is 14.8 Å². The van der Waals surface area contributed by atoms with E-state index in [1.54, 1.807) is 6.07 Å².